The van der Waals surface area contributed by atoms with Gasteiger partial charge in [0.2, 0.25) is 0 Å². The fourth-order valence-corrected chi connectivity index (χ4v) is 6.36. The largest absolute Gasteiger partial charge is 0.359 e. The minimum absolute atomic E-state index is 0.0705. The molecule has 4 N–H and O–H groups in total. The van der Waals surface area contributed by atoms with Gasteiger partial charge < -0.3 is 20.9 Å². The maximum Gasteiger partial charge on any atom is 0.130 e. The first-order valence-electron chi connectivity index (χ1n) is 23.0. The molecule has 2 aliphatic rings. The van der Waals surface area contributed by atoms with E-state index in [1.807, 2.05) is 83.3 Å². The number of benzene rings is 2. The van der Waals surface area contributed by atoms with Gasteiger partial charge in [-0.3, -0.25) is 0 Å². The summed E-state index contributed by atoms with van der Waals surface area (Å²) in [6, 6.07) is 18.7. The summed E-state index contributed by atoms with van der Waals surface area (Å²) in [7, 11) is 2.14. The van der Waals surface area contributed by atoms with Crippen LogP contribution in [0.2, 0.25) is 0 Å². The Hall–Kier alpha value is -5.57. The van der Waals surface area contributed by atoms with Gasteiger partial charge in [-0.25, -0.2) is 4.99 Å². The van der Waals surface area contributed by atoms with E-state index in [1.165, 1.54) is 67.5 Å². The number of aromatic nitrogens is 1. The normalized spacial score (nSPS) is 12.9. The first-order chi connectivity index (χ1) is 30.3. The summed E-state index contributed by atoms with van der Waals surface area (Å²) in [4.78, 5) is 4.20. The SMILES string of the molecule is C=C.C=C.C=C1NC(CC)=Cc2cc(C)cc(C#Cc3cc(CCCCCCCC/C=C/C=CCC)n(C)c3)c21.CC.CC.CC/C(=C1\N=CC=CN1)C(C)N.c1ccccc1. The molecule has 0 fully saturated rings. The monoisotopic (exact) mass is 840 g/mol. The quantitative estimate of drug-likeness (QED) is 0.0656. The summed E-state index contributed by atoms with van der Waals surface area (Å²) in [6.07, 6.45) is 31.9. The molecule has 0 aliphatic carbocycles. The molecule has 5 heteroatoms. The van der Waals surface area contributed by atoms with E-state index in [0.29, 0.717) is 0 Å². The molecule has 0 saturated heterocycles. The maximum absolute atomic E-state index is 5.78. The van der Waals surface area contributed by atoms with Crippen LogP contribution in [0.25, 0.3) is 11.8 Å². The Labute approximate surface area is 381 Å². The van der Waals surface area contributed by atoms with E-state index in [9.17, 15) is 0 Å². The Morgan fingerprint density at radius 1 is 0.839 bits per heavy atom. The van der Waals surface area contributed by atoms with Gasteiger partial charge in [0, 0.05) is 65.5 Å². The minimum atomic E-state index is 0.0705. The zero-order chi connectivity index (χ0) is 47.0. The van der Waals surface area contributed by atoms with E-state index >= 15 is 0 Å². The molecule has 1 unspecified atom stereocenters. The van der Waals surface area contributed by atoms with Crippen LogP contribution in [0.15, 0.2) is 152 Å². The number of hydrogen-bond acceptors (Lipinski definition) is 4. The number of aliphatic imine (C=N–C) groups is 1. The minimum Gasteiger partial charge on any atom is -0.359 e. The van der Waals surface area contributed by atoms with E-state index in [1.54, 1.807) is 6.21 Å². The van der Waals surface area contributed by atoms with Gasteiger partial charge in [0.1, 0.15) is 5.82 Å². The van der Waals surface area contributed by atoms with Crippen LogP contribution in [0, 0.1) is 18.8 Å². The van der Waals surface area contributed by atoms with Crippen molar-refractivity contribution in [3.05, 3.63) is 181 Å². The summed E-state index contributed by atoms with van der Waals surface area (Å²) in [5, 5.41) is 6.51. The Kier molecular flexibility index (Phi) is 37.3. The van der Waals surface area contributed by atoms with Crippen molar-refractivity contribution in [3.63, 3.8) is 0 Å². The highest BCUT2D eigenvalue weighted by Gasteiger charge is 2.16. The molecule has 2 aromatic carbocycles. The first kappa shape index (κ1) is 58.5. The van der Waals surface area contributed by atoms with Crippen LogP contribution in [-0.4, -0.2) is 16.8 Å². The molecule has 2 aliphatic heterocycles. The first-order valence-corrected chi connectivity index (χ1v) is 23.0. The molecule has 62 heavy (non-hydrogen) atoms. The predicted octanol–water partition coefficient (Wildman–Crippen LogP) is 15.3. The van der Waals surface area contributed by atoms with Crippen molar-refractivity contribution in [1.29, 1.82) is 0 Å². The molecule has 0 saturated carbocycles. The third-order valence-electron chi connectivity index (χ3n) is 9.27. The van der Waals surface area contributed by atoms with Gasteiger partial charge in [-0.05, 0) is 99.8 Å². The third kappa shape index (κ3) is 24.6. The van der Waals surface area contributed by atoms with Crippen LogP contribution in [0.3, 0.4) is 0 Å². The van der Waals surface area contributed by atoms with E-state index in [-0.39, 0.29) is 6.04 Å². The number of nitrogens with two attached hydrogens (primary N) is 1. The van der Waals surface area contributed by atoms with Crippen LogP contribution in [0.1, 0.15) is 153 Å². The summed E-state index contributed by atoms with van der Waals surface area (Å²) in [6.45, 7) is 34.8. The lowest BCUT2D eigenvalue weighted by molar-refractivity contribution is 0.590. The zero-order valence-electron chi connectivity index (χ0n) is 40.8. The second-order valence-corrected chi connectivity index (χ2v) is 13.9. The van der Waals surface area contributed by atoms with Crippen molar-refractivity contribution in [2.45, 2.75) is 139 Å². The van der Waals surface area contributed by atoms with Gasteiger partial charge in [-0.1, -0.05) is 159 Å². The number of allylic oxidation sites excluding steroid dienone is 6. The lowest BCUT2D eigenvalue weighted by Gasteiger charge is -2.22. The molecule has 0 amide bonds. The van der Waals surface area contributed by atoms with Gasteiger partial charge in [0.15, 0.2) is 0 Å². The third-order valence-corrected chi connectivity index (χ3v) is 9.27. The standard InChI is InChI=1S/C34H44N2.C9H15N3.C6H6.2C2H6.2C2H4/c1-6-8-9-10-11-12-13-14-15-16-17-18-19-33-24-29(26-36(33)5)20-21-30-22-27(3)23-31-25-32(7-2)35-28(4)34(30)31;1-3-8(7(2)10)9-11-5-4-6-12-9;1-2-4-6-5-3-1;4*1-2/h8-11,22-26,35H,4,6-7,12-19H2,1-3,5H3;4-7,11H,3,10H2,1-2H3;1-6H;2*1-2H3;2*1-2H2/b9-8?,11-10+;9-8+;;;;;. The maximum atomic E-state index is 5.78. The van der Waals surface area contributed by atoms with Crippen LogP contribution < -0.4 is 16.4 Å². The number of nitrogens with zero attached hydrogens (tertiary/aromatic N) is 2. The molecule has 5 nitrogen and oxygen atoms in total. The average molecular weight is 840 g/mol. The van der Waals surface area contributed by atoms with E-state index in [0.717, 1.165) is 59.5 Å². The second kappa shape index (κ2) is 39.6. The van der Waals surface area contributed by atoms with E-state index in [4.69, 9.17) is 5.73 Å². The number of unbranched alkanes of at least 4 members (excludes halogenated alkanes) is 6. The second-order valence-electron chi connectivity index (χ2n) is 13.9. The van der Waals surface area contributed by atoms with Gasteiger partial charge in [-0.2, -0.15) is 0 Å². The van der Waals surface area contributed by atoms with Gasteiger partial charge in [-0.15, -0.1) is 26.3 Å². The Bertz CT molecular complexity index is 1840. The van der Waals surface area contributed by atoms with Crippen LogP contribution in [0.5, 0.6) is 0 Å². The molecule has 3 heterocycles. The van der Waals surface area contributed by atoms with Crippen molar-refractivity contribution in [1.82, 2.24) is 15.2 Å². The molecular weight excluding hydrogens is 755 g/mol. The molecule has 0 bridgehead atoms. The molecule has 0 spiro atoms. The van der Waals surface area contributed by atoms with E-state index in [2.05, 4.69) is 154 Å². The lowest BCUT2D eigenvalue weighted by atomic mass is 9.92. The topological polar surface area (TPSA) is 67.4 Å². The van der Waals surface area contributed by atoms with Crippen LogP contribution in [0.4, 0.5) is 0 Å². The number of nitrogens with one attached hydrogen (secondary N) is 2. The number of hydrogen-bond donors (Lipinski definition) is 3. The summed E-state index contributed by atoms with van der Waals surface area (Å²) in [5.74, 6) is 7.77. The molecule has 1 atom stereocenters. The molecule has 338 valence electrons. The van der Waals surface area contributed by atoms with Crippen molar-refractivity contribution in [2.75, 3.05) is 0 Å². The smallest absolute Gasteiger partial charge is 0.130 e. The molecule has 5 rings (SSSR count). The predicted molar refractivity (Wildman–Crippen MR) is 281 cm³/mol. The van der Waals surface area contributed by atoms with E-state index < -0.39 is 0 Å². The van der Waals surface area contributed by atoms with Crippen molar-refractivity contribution >= 4 is 18.0 Å². The number of aryl methyl sites for hydroxylation is 3. The molecular formula is C57H85N5. The number of rotatable bonds is 14. The van der Waals surface area contributed by atoms with Crippen molar-refractivity contribution < 1.29 is 0 Å². The van der Waals surface area contributed by atoms with Gasteiger partial charge in [0.25, 0.3) is 0 Å². The summed E-state index contributed by atoms with van der Waals surface area (Å²) in [5.41, 5.74) is 16.2. The molecule has 3 aromatic rings. The Morgan fingerprint density at radius 2 is 1.44 bits per heavy atom. The lowest BCUT2D eigenvalue weighted by Crippen LogP contribution is -2.22. The van der Waals surface area contributed by atoms with Crippen molar-refractivity contribution in [3.8, 4) is 11.8 Å². The zero-order valence-corrected chi connectivity index (χ0v) is 40.8. The van der Waals surface area contributed by atoms with Crippen LogP contribution in [-0.2, 0) is 13.5 Å². The highest BCUT2D eigenvalue weighted by molar-refractivity contribution is 5.82. The fraction of sp³-hybridized carbons (Fsp3) is 0.386. The highest BCUT2D eigenvalue weighted by Crippen LogP contribution is 2.29. The summed E-state index contributed by atoms with van der Waals surface area (Å²) >= 11 is 0. The Balaban J connectivity index is 0. The highest BCUT2D eigenvalue weighted by atomic mass is 15.0. The average Bonchev–Trinajstić information content (AvgIpc) is 3.68. The van der Waals surface area contributed by atoms with Crippen molar-refractivity contribution in [2.24, 2.45) is 17.8 Å². The molecule has 1 aromatic heterocycles. The molecule has 0 radical (unpaired) electrons. The van der Waals surface area contributed by atoms with Gasteiger partial charge >= 0.3 is 0 Å². The summed E-state index contributed by atoms with van der Waals surface area (Å²) < 4.78 is 2.24. The fourth-order valence-electron chi connectivity index (χ4n) is 6.36. The van der Waals surface area contributed by atoms with Crippen LogP contribution >= 0.6 is 0 Å². The Morgan fingerprint density at radius 3 is 1.98 bits per heavy atom. The number of fused-ring (bicyclic) bond motifs is 1. The van der Waals surface area contributed by atoms with Gasteiger partial charge in [0.05, 0.1) is 0 Å².